The van der Waals surface area contributed by atoms with Crippen molar-refractivity contribution in [1.29, 1.82) is 0 Å². The second kappa shape index (κ2) is 9.02. The summed E-state index contributed by atoms with van der Waals surface area (Å²) >= 11 is 0. The fourth-order valence-corrected chi connectivity index (χ4v) is 2.82. The van der Waals surface area contributed by atoms with Crippen LogP contribution in [-0.4, -0.2) is 19.6 Å². The largest absolute Gasteiger partial charge is 0.370 e. The molecule has 0 saturated heterocycles. The molecule has 0 spiro atoms. The predicted octanol–water partition coefficient (Wildman–Crippen LogP) is 4.43. The highest BCUT2D eigenvalue weighted by Crippen LogP contribution is 2.21. The Morgan fingerprint density at radius 2 is 1.60 bits per heavy atom. The van der Waals surface area contributed by atoms with E-state index >= 15 is 0 Å². The van der Waals surface area contributed by atoms with Crippen molar-refractivity contribution in [3.63, 3.8) is 0 Å². The molecule has 2 nitrogen and oxygen atoms in total. The second-order valence-corrected chi connectivity index (χ2v) is 6.05. The zero-order valence-electron chi connectivity index (χ0n) is 13.8. The minimum Gasteiger partial charge on any atom is -0.370 e. The zero-order valence-corrected chi connectivity index (χ0v) is 13.8. The predicted molar refractivity (Wildman–Crippen MR) is 90.5 cm³/mol. The van der Waals surface area contributed by atoms with Crippen LogP contribution in [0.5, 0.6) is 0 Å². The van der Waals surface area contributed by atoms with Crippen molar-refractivity contribution in [3.05, 3.63) is 29.3 Å². The lowest BCUT2D eigenvalue weighted by atomic mass is 10.0. The number of nitrogens with two attached hydrogens (primary N) is 1. The van der Waals surface area contributed by atoms with Gasteiger partial charge in [0.25, 0.3) is 0 Å². The third-order valence-electron chi connectivity index (χ3n) is 4.07. The van der Waals surface area contributed by atoms with Crippen molar-refractivity contribution in [2.75, 3.05) is 18.5 Å². The molecular weight excluding hydrogens is 244 g/mol. The van der Waals surface area contributed by atoms with Gasteiger partial charge in [0.1, 0.15) is 0 Å². The van der Waals surface area contributed by atoms with Gasteiger partial charge in [-0.15, -0.1) is 0 Å². The van der Waals surface area contributed by atoms with Gasteiger partial charge in [0, 0.05) is 25.3 Å². The lowest BCUT2D eigenvalue weighted by Gasteiger charge is -2.30. The molecule has 0 radical (unpaired) electrons. The monoisotopic (exact) mass is 276 g/mol. The summed E-state index contributed by atoms with van der Waals surface area (Å²) in [6, 6.07) is 7.19. The molecular formula is C18H32N2. The number of unbranched alkanes of at least 4 members (excludes halogenated alkanes) is 4. The Morgan fingerprint density at radius 1 is 1.00 bits per heavy atom. The molecule has 2 N–H and O–H groups in total. The highest BCUT2D eigenvalue weighted by molar-refractivity contribution is 5.51. The molecule has 0 aliphatic rings. The first-order chi connectivity index (χ1) is 9.58. The van der Waals surface area contributed by atoms with Crippen molar-refractivity contribution in [3.8, 4) is 0 Å². The van der Waals surface area contributed by atoms with Crippen molar-refractivity contribution >= 4 is 5.69 Å². The van der Waals surface area contributed by atoms with E-state index in [9.17, 15) is 0 Å². The number of nitrogens with zero attached hydrogens (tertiary/aromatic N) is 1. The molecule has 1 unspecified atom stereocenters. The first-order valence-electron chi connectivity index (χ1n) is 8.09. The van der Waals surface area contributed by atoms with Crippen LogP contribution in [0.2, 0.25) is 0 Å². The second-order valence-electron chi connectivity index (χ2n) is 6.05. The van der Waals surface area contributed by atoms with Crippen molar-refractivity contribution in [1.82, 2.24) is 0 Å². The number of benzene rings is 1. The number of aryl methyl sites for hydroxylation is 2. The van der Waals surface area contributed by atoms with Crippen LogP contribution < -0.4 is 10.6 Å². The molecule has 0 fully saturated rings. The van der Waals surface area contributed by atoms with E-state index in [1.54, 1.807) is 0 Å². The maximum Gasteiger partial charge on any atom is 0.0409 e. The minimum absolute atomic E-state index is 0.456. The normalized spacial score (nSPS) is 12.4. The van der Waals surface area contributed by atoms with Crippen LogP contribution in [0.4, 0.5) is 5.69 Å². The smallest absolute Gasteiger partial charge is 0.0409 e. The number of likely N-dealkylation sites (N-methyl/N-ethyl adjacent to an activating group) is 1. The molecule has 1 atom stereocenters. The van der Waals surface area contributed by atoms with Gasteiger partial charge in [-0.1, -0.05) is 45.1 Å². The molecule has 0 bridgehead atoms. The Kier molecular flexibility index (Phi) is 7.68. The van der Waals surface area contributed by atoms with E-state index in [0.29, 0.717) is 6.04 Å². The van der Waals surface area contributed by atoms with Crippen LogP contribution in [0, 0.1) is 13.8 Å². The maximum absolute atomic E-state index is 5.99. The molecule has 1 aromatic carbocycles. The van der Waals surface area contributed by atoms with E-state index in [1.165, 1.54) is 55.3 Å². The lowest BCUT2D eigenvalue weighted by molar-refractivity contribution is 0.528. The van der Waals surface area contributed by atoms with Crippen LogP contribution in [0.15, 0.2) is 18.2 Å². The van der Waals surface area contributed by atoms with E-state index in [-0.39, 0.29) is 0 Å². The van der Waals surface area contributed by atoms with Gasteiger partial charge in [-0.05, 0) is 43.5 Å². The SMILES string of the molecule is CCCCCCCC(CN)N(C)c1cc(C)cc(C)c1. The fourth-order valence-electron chi connectivity index (χ4n) is 2.82. The van der Waals surface area contributed by atoms with Crippen LogP contribution in [0.3, 0.4) is 0 Å². The maximum atomic E-state index is 5.99. The van der Waals surface area contributed by atoms with Gasteiger partial charge in [-0.2, -0.15) is 0 Å². The summed E-state index contributed by atoms with van der Waals surface area (Å²) in [5, 5.41) is 0. The zero-order chi connectivity index (χ0) is 15.0. The summed E-state index contributed by atoms with van der Waals surface area (Å²) in [6.45, 7) is 7.31. The van der Waals surface area contributed by atoms with Gasteiger partial charge in [0.05, 0.1) is 0 Å². The van der Waals surface area contributed by atoms with Gasteiger partial charge < -0.3 is 10.6 Å². The summed E-state index contributed by atoms with van der Waals surface area (Å²) in [5.41, 5.74) is 9.93. The van der Waals surface area contributed by atoms with Gasteiger partial charge in [-0.25, -0.2) is 0 Å². The molecule has 2 heteroatoms. The fraction of sp³-hybridized carbons (Fsp3) is 0.667. The summed E-state index contributed by atoms with van der Waals surface area (Å²) in [5.74, 6) is 0. The molecule has 20 heavy (non-hydrogen) atoms. The molecule has 0 amide bonds. The van der Waals surface area contributed by atoms with Gasteiger partial charge in [0.15, 0.2) is 0 Å². The summed E-state index contributed by atoms with van der Waals surface area (Å²) < 4.78 is 0. The first kappa shape index (κ1) is 17.0. The van der Waals surface area contributed by atoms with Crippen LogP contribution >= 0.6 is 0 Å². The number of anilines is 1. The Balaban J connectivity index is 2.55. The summed E-state index contributed by atoms with van der Waals surface area (Å²) in [6.07, 6.45) is 7.86. The Bertz CT molecular complexity index is 367. The average Bonchev–Trinajstić information content (AvgIpc) is 2.41. The Hall–Kier alpha value is -1.02. The van der Waals surface area contributed by atoms with E-state index in [2.05, 4.69) is 50.9 Å². The Labute approximate surface area is 125 Å². The first-order valence-corrected chi connectivity index (χ1v) is 8.09. The van der Waals surface area contributed by atoms with Gasteiger partial charge in [-0.3, -0.25) is 0 Å². The molecule has 0 aromatic heterocycles. The average molecular weight is 276 g/mol. The lowest BCUT2D eigenvalue weighted by Crippen LogP contribution is -2.38. The molecule has 114 valence electrons. The van der Waals surface area contributed by atoms with E-state index in [1.807, 2.05) is 0 Å². The molecule has 1 aromatic rings. The van der Waals surface area contributed by atoms with Crippen molar-refractivity contribution in [2.24, 2.45) is 5.73 Å². The quantitative estimate of drug-likeness (QED) is 0.676. The topological polar surface area (TPSA) is 29.3 Å². The number of rotatable bonds is 9. The van der Waals surface area contributed by atoms with Gasteiger partial charge >= 0.3 is 0 Å². The van der Waals surface area contributed by atoms with Crippen LogP contribution in [0.25, 0.3) is 0 Å². The molecule has 1 rings (SSSR count). The number of hydrogen-bond acceptors (Lipinski definition) is 2. The van der Waals surface area contributed by atoms with Crippen molar-refractivity contribution in [2.45, 2.75) is 65.3 Å². The van der Waals surface area contributed by atoms with E-state index in [4.69, 9.17) is 5.73 Å². The standard InChI is InChI=1S/C18H32N2/c1-5-6-7-8-9-10-17(14-19)20(4)18-12-15(2)11-16(3)13-18/h11-13,17H,5-10,14,19H2,1-4H3. The van der Waals surface area contributed by atoms with Gasteiger partial charge in [0.2, 0.25) is 0 Å². The summed E-state index contributed by atoms with van der Waals surface area (Å²) in [4.78, 5) is 2.36. The molecule has 0 aliphatic heterocycles. The van der Waals surface area contributed by atoms with E-state index in [0.717, 1.165) is 6.54 Å². The molecule has 0 saturated carbocycles. The highest BCUT2D eigenvalue weighted by atomic mass is 15.1. The highest BCUT2D eigenvalue weighted by Gasteiger charge is 2.13. The van der Waals surface area contributed by atoms with Crippen LogP contribution in [0.1, 0.15) is 56.6 Å². The third kappa shape index (κ3) is 5.54. The molecule has 0 aliphatic carbocycles. The summed E-state index contributed by atoms with van der Waals surface area (Å²) in [7, 11) is 2.18. The van der Waals surface area contributed by atoms with E-state index < -0.39 is 0 Å². The van der Waals surface area contributed by atoms with Crippen LogP contribution in [-0.2, 0) is 0 Å². The number of hydrogen-bond donors (Lipinski definition) is 1. The minimum atomic E-state index is 0.456. The Morgan fingerprint density at radius 3 is 2.15 bits per heavy atom. The third-order valence-corrected chi connectivity index (χ3v) is 4.07. The molecule has 0 heterocycles. The van der Waals surface area contributed by atoms with Crippen molar-refractivity contribution < 1.29 is 0 Å².